The monoisotopic (exact) mass is 253 g/mol. The molecule has 2 aliphatic rings. The van der Waals surface area contributed by atoms with Gasteiger partial charge in [-0.1, -0.05) is 34.6 Å². The van der Waals surface area contributed by atoms with Crippen LogP contribution in [0.25, 0.3) is 0 Å². The molecule has 2 rings (SSSR count). The number of carboxylic acids is 1. The van der Waals surface area contributed by atoms with Crippen LogP contribution in [0.2, 0.25) is 0 Å². The number of hydrogen-bond acceptors (Lipinski definition) is 2. The second-order valence-corrected chi connectivity index (χ2v) is 7.57. The van der Waals surface area contributed by atoms with Gasteiger partial charge in [0.05, 0.1) is 0 Å². The number of rotatable bonds is 4. The summed E-state index contributed by atoms with van der Waals surface area (Å²) >= 11 is 0. The Balaban J connectivity index is 2.20. The molecule has 0 radical (unpaired) electrons. The smallest absolute Gasteiger partial charge is 0.320 e. The minimum atomic E-state index is -0.716. The maximum absolute atomic E-state index is 11.4. The Morgan fingerprint density at radius 1 is 1.33 bits per heavy atom. The Kier molecular flexibility index (Phi) is 3.25. The van der Waals surface area contributed by atoms with Gasteiger partial charge >= 0.3 is 5.97 Å². The Morgan fingerprint density at radius 2 is 1.94 bits per heavy atom. The molecule has 0 aromatic carbocycles. The normalized spacial score (nSPS) is 39.2. The number of carboxylic acid groups (broad SMARTS) is 1. The van der Waals surface area contributed by atoms with E-state index in [0.29, 0.717) is 6.04 Å². The molecule has 0 spiro atoms. The van der Waals surface area contributed by atoms with E-state index in [1.54, 1.807) is 0 Å². The summed E-state index contributed by atoms with van der Waals surface area (Å²) in [4.78, 5) is 11.4. The largest absolute Gasteiger partial charge is 0.480 e. The number of hydrogen-bond donors (Lipinski definition) is 2. The topological polar surface area (TPSA) is 49.3 Å². The highest BCUT2D eigenvalue weighted by Gasteiger charge is 2.59. The van der Waals surface area contributed by atoms with Crippen molar-refractivity contribution in [1.82, 2.24) is 5.32 Å². The summed E-state index contributed by atoms with van der Waals surface area (Å²) in [5.74, 6) is 0.162. The molecular formula is C15H27NO2. The van der Waals surface area contributed by atoms with Crippen LogP contribution in [0.5, 0.6) is 0 Å². The first-order valence-corrected chi connectivity index (χ1v) is 7.17. The summed E-state index contributed by atoms with van der Waals surface area (Å²) in [7, 11) is 0. The fourth-order valence-corrected chi connectivity index (χ4v) is 4.45. The second-order valence-electron chi connectivity index (χ2n) is 7.57. The van der Waals surface area contributed by atoms with Gasteiger partial charge in [0.25, 0.3) is 0 Å². The molecule has 0 amide bonds. The van der Waals surface area contributed by atoms with E-state index in [-0.39, 0.29) is 16.7 Å². The van der Waals surface area contributed by atoms with Gasteiger partial charge in [-0.05, 0) is 41.9 Å². The van der Waals surface area contributed by atoms with Gasteiger partial charge in [-0.2, -0.15) is 0 Å². The summed E-state index contributed by atoms with van der Waals surface area (Å²) in [5.41, 5.74) is 0.506. The zero-order valence-corrected chi connectivity index (χ0v) is 12.3. The van der Waals surface area contributed by atoms with Crippen molar-refractivity contribution in [1.29, 1.82) is 0 Å². The lowest BCUT2D eigenvalue weighted by atomic mass is 9.68. The zero-order valence-electron chi connectivity index (χ0n) is 12.3. The first-order valence-electron chi connectivity index (χ1n) is 7.17. The standard InChI is InChI=1S/C15H27NO2/c1-9(2)11(12(17)18)16-13-14(3,4)10-6-7-15(13,5)8-10/h9-11,13,16H,6-8H2,1-5H3,(H,17,18). The van der Waals surface area contributed by atoms with Crippen LogP contribution in [0.3, 0.4) is 0 Å². The van der Waals surface area contributed by atoms with E-state index in [0.717, 1.165) is 5.92 Å². The molecule has 2 saturated carbocycles. The van der Waals surface area contributed by atoms with Crippen molar-refractivity contribution in [3.05, 3.63) is 0 Å². The lowest BCUT2D eigenvalue weighted by molar-refractivity contribution is -0.141. The van der Waals surface area contributed by atoms with Gasteiger partial charge in [0, 0.05) is 6.04 Å². The molecule has 0 heterocycles. The van der Waals surface area contributed by atoms with Crippen molar-refractivity contribution in [3.8, 4) is 0 Å². The van der Waals surface area contributed by atoms with E-state index in [4.69, 9.17) is 0 Å². The predicted molar refractivity (Wildman–Crippen MR) is 72.4 cm³/mol. The van der Waals surface area contributed by atoms with Crippen LogP contribution in [0.4, 0.5) is 0 Å². The third kappa shape index (κ3) is 1.97. The second kappa shape index (κ2) is 4.22. The molecule has 0 aromatic rings. The van der Waals surface area contributed by atoms with E-state index in [2.05, 4.69) is 26.1 Å². The molecule has 2 fully saturated rings. The third-order valence-electron chi connectivity index (χ3n) is 5.55. The highest BCUT2D eigenvalue weighted by molar-refractivity contribution is 5.73. The molecule has 104 valence electrons. The van der Waals surface area contributed by atoms with Crippen LogP contribution >= 0.6 is 0 Å². The Hall–Kier alpha value is -0.570. The number of fused-ring (bicyclic) bond motifs is 2. The van der Waals surface area contributed by atoms with Crippen molar-refractivity contribution in [3.63, 3.8) is 0 Å². The number of carbonyl (C=O) groups is 1. The SMILES string of the molecule is CC(C)C(NC1C2(C)CCC(C2)C1(C)C)C(=O)O. The van der Waals surface area contributed by atoms with Crippen molar-refractivity contribution in [2.45, 2.75) is 66.0 Å². The van der Waals surface area contributed by atoms with Crippen LogP contribution in [0.15, 0.2) is 0 Å². The lowest BCUT2D eigenvalue weighted by Gasteiger charge is -2.45. The van der Waals surface area contributed by atoms with Gasteiger partial charge in [-0.3, -0.25) is 4.79 Å². The lowest BCUT2D eigenvalue weighted by Crippen LogP contribution is -2.57. The van der Waals surface area contributed by atoms with Gasteiger partial charge in [0.2, 0.25) is 0 Å². The highest BCUT2D eigenvalue weighted by atomic mass is 16.4. The fourth-order valence-electron chi connectivity index (χ4n) is 4.45. The molecule has 2 N–H and O–H groups in total. The van der Waals surface area contributed by atoms with Crippen LogP contribution < -0.4 is 5.32 Å². The first-order chi connectivity index (χ1) is 8.18. The minimum Gasteiger partial charge on any atom is -0.480 e. The fraction of sp³-hybridized carbons (Fsp3) is 0.933. The van der Waals surface area contributed by atoms with E-state index in [9.17, 15) is 9.90 Å². The maximum atomic E-state index is 11.4. The van der Waals surface area contributed by atoms with Crippen LogP contribution in [0.1, 0.15) is 53.9 Å². The van der Waals surface area contributed by atoms with Crippen molar-refractivity contribution in [2.75, 3.05) is 0 Å². The van der Waals surface area contributed by atoms with Crippen molar-refractivity contribution in [2.24, 2.45) is 22.7 Å². The van der Waals surface area contributed by atoms with Gasteiger partial charge in [0.15, 0.2) is 0 Å². The molecule has 18 heavy (non-hydrogen) atoms. The molecule has 4 unspecified atom stereocenters. The summed E-state index contributed by atoms with van der Waals surface area (Å²) in [5, 5.41) is 12.8. The summed E-state index contributed by atoms with van der Waals surface area (Å²) in [6.07, 6.45) is 3.80. The number of nitrogens with one attached hydrogen (secondary N) is 1. The molecule has 0 aromatic heterocycles. The summed E-state index contributed by atoms with van der Waals surface area (Å²) in [6, 6.07) is -0.0994. The molecule has 0 saturated heterocycles. The molecule has 4 atom stereocenters. The molecule has 3 nitrogen and oxygen atoms in total. The van der Waals surface area contributed by atoms with E-state index in [1.807, 2.05) is 13.8 Å². The van der Waals surface area contributed by atoms with E-state index < -0.39 is 12.0 Å². The Morgan fingerprint density at radius 3 is 2.33 bits per heavy atom. The van der Waals surface area contributed by atoms with Crippen molar-refractivity contribution >= 4 is 5.97 Å². The average molecular weight is 253 g/mol. The maximum Gasteiger partial charge on any atom is 0.320 e. The van der Waals surface area contributed by atoms with Gasteiger partial charge in [-0.15, -0.1) is 0 Å². The zero-order chi connectivity index (χ0) is 13.7. The summed E-state index contributed by atoms with van der Waals surface area (Å²) in [6.45, 7) is 10.9. The predicted octanol–water partition coefficient (Wildman–Crippen LogP) is 2.90. The number of aliphatic carboxylic acids is 1. The van der Waals surface area contributed by atoms with Crippen LogP contribution in [0, 0.1) is 22.7 Å². The van der Waals surface area contributed by atoms with E-state index >= 15 is 0 Å². The van der Waals surface area contributed by atoms with Crippen molar-refractivity contribution < 1.29 is 9.90 Å². The minimum absolute atomic E-state index is 0.126. The molecule has 2 bridgehead atoms. The molecule has 3 heteroatoms. The molecule has 2 aliphatic carbocycles. The molecular weight excluding hydrogens is 226 g/mol. The Bertz CT molecular complexity index is 346. The van der Waals surface area contributed by atoms with Gasteiger partial charge in [-0.25, -0.2) is 0 Å². The van der Waals surface area contributed by atoms with E-state index in [1.165, 1.54) is 19.3 Å². The third-order valence-corrected chi connectivity index (χ3v) is 5.55. The molecule has 0 aliphatic heterocycles. The van der Waals surface area contributed by atoms with Crippen LogP contribution in [-0.2, 0) is 4.79 Å². The van der Waals surface area contributed by atoms with Gasteiger partial charge in [0.1, 0.15) is 6.04 Å². The first kappa shape index (κ1) is 13.9. The Labute approximate surface area is 110 Å². The quantitative estimate of drug-likeness (QED) is 0.810. The highest BCUT2D eigenvalue weighted by Crippen LogP contribution is 2.62. The van der Waals surface area contributed by atoms with Gasteiger partial charge < -0.3 is 10.4 Å². The average Bonchev–Trinajstić information content (AvgIpc) is 2.67. The van der Waals surface area contributed by atoms with Crippen LogP contribution in [-0.4, -0.2) is 23.2 Å². The summed E-state index contributed by atoms with van der Waals surface area (Å²) < 4.78 is 0.